The maximum Gasteiger partial charge on any atom is 0.317 e. The van der Waals surface area contributed by atoms with Crippen LogP contribution in [-0.2, 0) is 9.59 Å². The number of hydrogen-bond donors (Lipinski definition) is 1. The molecule has 0 spiro atoms. The zero-order valence-corrected chi connectivity index (χ0v) is 11.2. The summed E-state index contributed by atoms with van der Waals surface area (Å²) in [5, 5.41) is 8.70. The fourth-order valence-corrected chi connectivity index (χ4v) is 1.72. The molecule has 5 heteroatoms. The van der Waals surface area contributed by atoms with E-state index in [0.717, 1.165) is 0 Å². The molecule has 0 heterocycles. The van der Waals surface area contributed by atoms with E-state index in [1.807, 2.05) is 13.8 Å². The first-order valence-corrected chi connectivity index (χ1v) is 6.20. The van der Waals surface area contributed by atoms with Crippen LogP contribution in [0.2, 0.25) is 0 Å². The summed E-state index contributed by atoms with van der Waals surface area (Å²) >= 11 is 0. The molecular weight excluding hydrogens is 232 g/mol. The van der Waals surface area contributed by atoms with Gasteiger partial charge in [0.2, 0.25) is 5.91 Å². The van der Waals surface area contributed by atoms with E-state index in [0.29, 0.717) is 39.0 Å². The van der Waals surface area contributed by atoms with Gasteiger partial charge in [-0.1, -0.05) is 5.92 Å². The zero-order valence-electron chi connectivity index (χ0n) is 11.2. The molecule has 0 aliphatic heterocycles. The van der Waals surface area contributed by atoms with Gasteiger partial charge in [-0.25, -0.2) is 0 Å². The fraction of sp³-hybridized carbons (Fsp3) is 0.692. The molecule has 0 rings (SSSR count). The molecule has 0 unspecified atom stereocenters. The Kier molecular flexibility index (Phi) is 8.67. The number of terminal acetylenes is 1. The van der Waals surface area contributed by atoms with Crippen LogP contribution >= 0.6 is 0 Å². The summed E-state index contributed by atoms with van der Waals surface area (Å²) < 4.78 is 0. The van der Waals surface area contributed by atoms with Crippen molar-refractivity contribution in [1.29, 1.82) is 0 Å². The average Bonchev–Trinajstić information content (AvgIpc) is 2.30. The fourth-order valence-electron chi connectivity index (χ4n) is 1.72. The summed E-state index contributed by atoms with van der Waals surface area (Å²) in [5.41, 5.74) is 0. The highest BCUT2D eigenvalue weighted by molar-refractivity contribution is 5.76. The largest absolute Gasteiger partial charge is 0.480 e. The van der Waals surface area contributed by atoms with E-state index in [1.165, 1.54) is 0 Å². The van der Waals surface area contributed by atoms with Crippen LogP contribution in [0.3, 0.4) is 0 Å². The van der Waals surface area contributed by atoms with Gasteiger partial charge < -0.3 is 10.0 Å². The summed E-state index contributed by atoms with van der Waals surface area (Å²) in [4.78, 5) is 25.7. The second-order valence-electron chi connectivity index (χ2n) is 3.98. The summed E-state index contributed by atoms with van der Waals surface area (Å²) in [5.74, 6) is 1.63. The standard InChI is InChI=1S/C13H22N2O3/c1-4-9-14(11-13(17)18)10-7-8-12(16)15(5-2)6-3/h1H,5-11H2,2-3H3,(H,17,18). The average molecular weight is 254 g/mol. The van der Waals surface area contributed by atoms with Gasteiger partial charge in [0.25, 0.3) is 0 Å². The Bertz CT molecular complexity index is 306. The summed E-state index contributed by atoms with van der Waals surface area (Å²) in [6.45, 7) is 6.04. The highest BCUT2D eigenvalue weighted by Gasteiger charge is 2.12. The van der Waals surface area contributed by atoms with Crippen LogP contribution in [0.4, 0.5) is 0 Å². The third kappa shape index (κ3) is 6.92. The number of nitrogens with zero attached hydrogens (tertiary/aromatic N) is 2. The minimum absolute atomic E-state index is 0.0797. The minimum atomic E-state index is -0.902. The normalized spacial score (nSPS) is 10.1. The highest BCUT2D eigenvalue weighted by atomic mass is 16.4. The molecule has 18 heavy (non-hydrogen) atoms. The molecule has 0 fully saturated rings. The van der Waals surface area contributed by atoms with E-state index < -0.39 is 5.97 Å². The third-order valence-electron chi connectivity index (χ3n) is 2.65. The van der Waals surface area contributed by atoms with E-state index in [2.05, 4.69) is 5.92 Å². The molecule has 0 saturated carbocycles. The third-order valence-corrected chi connectivity index (χ3v) is 2.65. The van der Waals surface area contributed by atoms with Crippen molar-refractivity contribution in [2.45, 2.75) is 26.7 Å². The maximum absolute atomic E-state index is 11.7. The lowest BCUT2D eigenvalue weighted by molar-refractivity contribution is -0.138. The molecule has 0 aromatic heterocycles. The van der Waals surface area contributed by atoms with Crippen molar-refractivity contribution in [1.82, 2.24) is 9.80 Å². The molecule has 102 valence electrons. The van der Waals surface area contributed by atoms with Gasteiger partial charge in [0.1, 0.15) is 0 Å². The Balaban J connectivity index is 4.02. The lowest BCUT2D eigenvalue weighted by atomic mass is 10.2. The number of hydrogen-bond acceptors (Lipinski definition) is 3. The summed E-state index contributed by atoms with van der Waals surface area (Å²) in [6.07, 6.45) is 6.23. The van der Waals surface area contributed by atoms with Gasteiger partial charge in [0.15, 0.2) is 0 Å². The van der Waals surface area contributed by atoms with Crippen LogP contribution in [0.5, 0.6) is 0 Å². The predicted molar refractivity (Wildman–Crippen MR) is 70.1 cm³/mol. The van der Waals surface area contributed by atoms with E-state index >= 15 is 0 Å². The maximum atomic E-state index is 11.7. The van der Waals surface area contributed by atoms with Crippen molar-refractivity contribution in [2.75, 3.05) is 32.7 Å². The van der Waals surface area contributed by atoms with Gasteiger partial charge in [-0.05, 0) is 20.3 Å². The first-order chi connectivity index (χ1) is 8.54. The van der Waals surface area contributed by atoms with E-state index in [-0.39, 0.29) is 12.5 Å². The number of carbonyl (C=O) groups excluding carboxylic acids is 1. The van der Waals surface area contributed by atoms with Gasteiger partial charge in [-0.3, -0.25) is 14.5 Å². The molecule has 0 atom stereocenters. The van der Waals surface area contributed by atoms with Crippen molar-refractivity contribution >= 4 is 11.9 Å². The van der Waals surface area contributed by atoms with Crippen molar-refractivity contribution in [3.8, 4) is 12.3 Å². The quantitative estimate of drug-likeness (QED) is 0.614. The van der Waals surface area contributed by atoms with Gasteiger partial charge in [0.05, 0.1) is 13.1 Å². The van der Waals surface area contributed by atoms with Crippen LogP contribution in [0, 0.1) is 12.3 Å². The molecule has 1 N–H and O–H groups in total. The molecule has 5 nitrogen and oxygen atoms in total. The molecule has 0 aliphatic carbocycles. The predicted octanol–water partition coefficient (Wildman–Crippen LogP) is 0.655. The number of amides is 1. The Hall–Kier alpha value is -1.54. The molecule has 0 radical (unpaired) electrons. The first-order valence-electron chi connectivity index (χ1n) is 6.20. The lowest BCUT2D eigenvalue weighted by Gasteiger charge is -2.20. The van der Waals surface area contributed by atoms with Crippen LogP contribution in [-0.4, -0.2) is 59.5 Å². The molecule has 0 aromatic carbocycles. The first kappa shape index (κ1) is 16.5. The SMILES string of the molecule is C#CCN(CCCC(=O)N(CC)CC)CC(=O)O. The van der Waals surface area contributed by atoms with Crippen molar-refractivity contribution in [2.24, 2.45) is 0 Å². The number of carboxylic acids is 1. The molecule has 0 aliphatic rings. The Morgan fingerprint density at radius 1 is 1.28 bits per heavy atom. The zero-order chi connectivity index (χ0) is 14.0. The number of rotatable bonds is 9. The van der Waals surface area contributed by atoms with E-state index in [4.69, 9.17) is 11.5 Å². The number of aliphatic carboxylic acids is 1. The Labute approximate surface area is 109 Å². The monoisotopic (exact) mass is 254 g/mol. The molecule has 0 bridgehead atoms. The van der Waals surface area contributed by atoms with Crippen LogP contribution in [0.15, 0.2) is 0 Å². The van der Waals surface area contributed by atoms with E-state index in [1.54, 1.807) is 9.80 Å². The van der Waals surface area contributed by atoms with Gasteiger partial charge in [0, 0.05) is 26.1 Å². The van der Waals surface area contributed by atoms with Gasteiger partial charge in [-0.15, -0.1) is 6.42 Å². The second kappa shape index (κ2) is 9.49. The Morgan fingerprint density at radius 2 is 1.89 bits per heavy atom. The van der Waals surface area contributed by atoms with E-state index in [9.17, 15) is 9.59 Å². The van der Waals surface area contributed by atoms with Crippen molar-refractivity contribution in [3.63, 3.8) is 0 Å². The molecule has 0 saturated heterocycles. The summed E-state index contributed by atoms with van der Waals surface area (Å²) in [6, 6.07) is 0. The molecule has 0 aromatic rings. The summed E-state index contributed by atoms with van der Waals surface area (Å²) in [7, 11) is 0. The van der Waals surface area contributed by atoms with Crippen LogP contribution in [0.25, 0.3) is 0 Å². The topological polar surface area (TPSA) is 60.9 Å². The van der Waals surface area contributed by atoms with Crippen molar-refractivity contribution in [3.05, 3.63) is 0 Å². The second-order valence-corrected chi connectivity index (χ2v) is 3.98. The highest BCUT2D eigenvalue weighted by Crippen LogP contribution is 2.00. The minimum Gasteiger partial charge on any atom is -0.480 e. The lowest BCUT2D eigenvalue weighted by Crippen LogP contribution is -2.33. The molecular formula is C13H22N2O3. The molecule has 1 amide bonds. The number of carbonyl (C=O) groups is 2. The smallest absolute Gasteiger partial charge is 0.317 e. The Morgan fingerprint density at radius 3 is 2.33 bits per heavy atom. The van der Waals surface area contributed by atoms with Crippen LogP contribution in [0.1, 0.15) is 26.7 Å². The number of carboxylic acid groups (broad SMARTS) is 1. The van der Waals surface area contributed by atoms with Gasteiger partial charge in [-0.2, -0.15) is 0 Å². The van der Waals surface area contributed by atoms with Gasteiger partial charge >= 0.3 is 5.97 Å². The van der Waals surface area contributed by atoms with Crippen LogP contribution < -0.4 is 0 Å². The van der Waals surface area contributed by atoms with Crippen molar-refractivity contribution < 1.29 is 14.7 Å².